The summed E-state index contributed by atoms with van der Waals surface area (Å²) in [5.74, 6) is 1.54. The summed E-state index contributed by atoms with van der Waals surface area (Å²) >= 11 is 0. The van der Waals surface area contributed by atoms with Crippen molar-refractivity contribution in [2.45, 2.75) is 71.1 Å². The van der Waals surface area contributed by atoms with Crippen LogP contribution in [-0.4, -0.2) is 65.1 Å². The van der Waals surface area contributed by atoms with Gasteiger partial charge < -0.3 is 23.9 Å². The van der Waals surface area contributed by atoms with E-state index in [2.05, 4.69) is 9.88 Å². The van der Waals surface area contributed by atoms with Gasteiger partial charge in [0.05, 0.1) is 25.4 Å². The first kappa shape index (κ1) is 22.7. The van der Waals surface area contributed by atoms with E-state index in [-0.39, 0.29) is 12.1 Å². The minimum atomic E-state index is -0.916. The summed E-state index contributed by atoms with van der Waals surface area (Å²) in [4.78, 5) is 19.9. The zero-order valence-corrected chi connectivity index (χ0v) is 19.5. The maximum atomic E-state index is 11.6. The first-order chi connectivity index (χ1) is 15.2. The van der Waals surface area contributed by atoms with Crippen molar-refractivity contribution in [2.75, 3.05) is 31.2 Å². The van der Waals surface area contributed by atoms with Gasteiger partial charge in [-0.1, -0.05) is 0 Å². The summed E-state index contributed by atoms with van der Waals surface area (Å²) in [6, 6.07) is 6.26. The molecule has 0 spiro atoms. The first-order valence-electron chi connectivity index (χ1n) is 11.6. The number of fused-ring (bicyclic) bond motifs is 1. The maximum absolute atomic E-state index is 11.6. The molecule has 1 aromatic heterocycles. The Bertz CT molecular complexity index is 925. The number of aromatic nitrogens is 1. The van der Waals surface area contributed by atoms with Crippen molar-refractivity contribution < 1.29 is 23.8 Å². The van der Waals surface area contributed by atoms with Gasteiger partial charge in [0.1, 0.15) is 11.3 Å². The highest BCUT2D eigenvalue weighted by molar-refractivity contribution is 5.76. The van der Waals surface area contributed by atoms with Crippen molar-refractivity contribution in [1.29, 1.82) is 0 Å². The van der Waals surface area contributed by atoms with Crippen LogP contribution in [-0.2, 0) is 4.74 Å². The van der Waals surface area contributed by atoms with E-state index in [1.54, 1.807) is 0 Å². The largest absolute Gasteiger partial charge is 0.493 e. The number of amides is 1. The number of anilines is 1. The molecule has 2 aromatic rings. The number of benzene rings is 1. The van der Waals surface area contributed by atoms with Crippen molar-refractivity contribution in [3.05, 3.63) is 18.2 Å². The van der Waals surface area contributed by atoms with Crippen LogP contribution < -0.4 is 9.64 Å². The smallest absolute Gasteiger partial charge is 0.408 e. The van der Waals surface area contributed by atoms with E-state index in [9.17, 15) is 9.90 Å². The zero-order chi connectivity index (χ0) is 22.9. The lowest BCUT2D eigenvalue weighted by atomic mass is 10.0. The zero-order valence-electron chi connectivity index (χ0n) is 19.5. The average molecular weight is 446 g/mol. The van der Waals surface area contributed by atoms with Crippen molar-refractivity contribution in [1.82, 2.24) is 9.88 Å². The predicted octanol–water partition coefficient (Wildman–Crippen LogP) is 4.77. The number of hydrogen-bond acceptors (Lipinski definition) is 6. The maximum Gasteiger partial charge on any atom is 0.408 e. The summed E-state index contributed by atoms with van der Waals surface area (Å²) < 4.78 is 18.0. The minimum Gasteiger partial charge on any atom is -0.493 e. The Morgan fingerprint density at radius 2 is 2.00 bits per heavy atom. The van der Waals surface area contributed by atoms with Crippen molar-refractivity contribution in [3.63, 3.8) is 0 Å². The highest BCUT2D eigenvalue weighted by Gasteiger charge is 2.32. The van der Waals surface area contributed by atoms with Gasteiger partial charge in [0, 0.05) is 24.7 Å². The number of hydrogen-bond donors (Lipinski definition) is 1. The molecular formula is C24H35N3O5. The molecule has 1 saturated heterocycles. The molecule has 1 atom stereocenters. The van der Waals surface area contributed by atoms with Gasteiger partial charge in [0.2, 0.25) is 0 Å². The van der Waals surface area contributed by atoms with Crippen LogP contribution in [0.4, 0.5) is 10.8 Å². The summed E-state index contributed by atoms with van der Waals surface area (Å²) in [5.41, 5.74) is 1.12. The van der Waals surface area contributed by atoms with E-state index >= 15 is 0 Å². The van der Waals surface area contributed by atoms with E-state index in [0.717, 1.165) is 49.4 Å². The molecule has 0 bridgehead atoms. The molecule has 1 N–H and O–H groups in total. The minimum absolute atomic E-state index is 0.108. The fourth-order valence-electron chi connectivity index (χ4n) is 4.32. The van der Waals surface area contributed by atoms with Crippen molar-refractivity contribution in [3.8, 4) is 5.75 Å². The van der Waals surface area contributed by atoms with E-state index in [4.69, 9.17) is 13.9 Å². The number of carbonyl (C=O) groups is 1. The molecule has 1 amide bonds. The number of rotatable bonds is 8. The van der Waals surface area contributed by atoms with E-state index in [0.29, 0.717) is 18.5 Å². The number of piperidine rings is 1. The lowest BCUT2D eigenvalue weighted by Gasteiger charge is -2.39. The molecule has 176 valence electrons. The molecule has 32 heavy (non-hydrogen) atoms. The Morgan fingerprint density at radius 1 is 1.28 bits per heavy atom. The second-order valence-electron chi connectivity index (χ2n) is 10.1. The monoisotopic (exact) mass is 445 g/mol. The Morgan fingerprint density at radius 3 is 2.62 bits per heavy atom. The fraction of sp³-hybridized carbons (Fsp3) is 0.667. The molecule has 1 aliphatic carbocycles. The molecule has 1 aliphatic heterocycles. The molecule has 0 radical (unpaired) electrons. The molecule has 4 rings (SSSR count). The van der Waals surface area contributed by atoms with E-state index in [1.807, 2.05) is 45.9 Å². The Kier molecular flexibility index (Phi) is 6.51. The van der Waals surface area contributed by atoms with Crippen LogP contribution in [0.2, 0.25) is 0 Å². The quantitative estimate of drug-likeness (QED) is 0.626. The lowest BCUT2D eigenvalue weighted by Crippen LogP contribution is -2.52. The van der Waals surface area contributed by atoms with Crippen LogP contribution in [0.1, 0.15) is 53.4 Å². The number of carboxylic acid groups (broad SMARTS) is 1. The van der Waals surface area contributed by atoms with E-state index < -0.39 is 11.6 Å². The summed E-state index contributed by atoms with van der Waals surface area (Å²) in [6.07, 6.45) is 3.42. The predicted molar refractivity (Wildman–Crippen MR) is 122 cm³/mol. The Hall–Kier alpha value is -2.48. The lowest BCUT2D eigenvalue weighted by molar-refractivity contribution is -0.0142. The van der Waals surface area contributed by atoms with Gasteiger partial charge in [-0.15, -0.1) is 0 Å². The summed E-state index contributed by atoms with van der Waals surface area (Å²) in [7, 11) is 0. The highest BCUT2D eigenvalue weighted by Crippen LogP contribution is 2.31. The molecule has 0 unspecified atom stereocenters. The van der Waals surface area contributed by atoms with Gasteiger partial charge in [-0.05, 0) is 71.4 Å². The third-order valence-electron chi connectivity index (χ3n) is 6.19. The van der Waals surface area contributed by atoms with Crippen LogP contribution in [0.25, 0.3) is 11.1 Å². The van der Waals surface area contributed by atoms with Crippen LogP contribution in [0.3, 0.4) is 0 Å². The Balaban J connectivity index is 1.28. The second-order valence-corrected chi connectivity index (χ2v) is 10.1. The van der Waals surface area contributed by atoms with Gasteiger partial charge in [0.25, 0.3) is 6.01 Å². The van der Waals surface area contributed by atoms with Crippen LogP contribution in [0.5, 0.6) is 5.75 Å². The molecular weight excluding hydrogens is 410 g/mol. The first-order valence-corrected chi connectivity index (χ1v) is 11.6. The second kappa shape index (κ2) is 9.17. The fourth-order valence-corrected chi connectivity index (χ4v) is 4.32. The molecule has 2 fully saturated rings. The van der Waals surface area contributed by atoms with Gasteiger partial charge in [-0.2, -0.15) is 4.98 Å². The summed E-state index contributed by atoms with van der Waals surface area (Å²) in [6.45, 7) is 10.3. The Labute approximate surface area is 189 Å². The van der Waals surface area contributed by atoms with Crippen molar-refractivity contribution >= 4 is 23.2 Å². The summed E-state index contributed by atoms with van der Waals surface area (Å²) in [5, 5.41) is 9.55. The van der Waals surface area contributed by atoms with Crippen LogP contribution in [0.15, 0.2) is 22.6 Å². The number of oxazole rings is 1. The third-order valence-corrected chi connectivity index (χ3v) is 6.19. The van der Waals surface area contributed by atoms with Crippen molar-refractivity contribution in [2.24, 2.45) is 5.92 Å². The normalized spacial score (nSPS) is 18.7. The number of nitrogens with zero attached hydrogens (tertiary/aromatic N) is 3. The molecule has 1 aromatic carbocycles. The molecule has 2 aliphatic rings. The van der Waals surface area contributed by atoms with Gasteiger partial charge in [-0.3, -0.25) is 4.90 Å². The average Bonchev–Trinajstić information content (AvgIpc) is 3.46. The molecule has 1 saturated carbocycles. The number of ether oxygens (including phenoxy) is 2. The topological polar surface area (TPSA) is 88.3 Å². The third kappa shape index (κ3) is 5.46. The van der Waals surface area contributed by atoms with Gasteiger partial charge >= 0.3 is 6.09 Å². The van der Waals surface area contributed by atoms with Gasteiger partial charge in [0.15, 0.2) is 5.58 Å². The van der Waals surface area contributed by atoms with Crippen LogP contribution >= 0.6 is 0 Å². The van der Waals surface area contributed by atoms with Crippen LogP contribution in [0, 0.1) is 5.92 Å². The highest BCUT2D eigenvalue weighted by atomic mass is 16.5. The molecule has 8 heteroatoms. The van der Waals surface area contributed by atoms with Gasteiger partial charge in [-0.25, -0.2) is 4.79 Å². The molecule has 2 heterocycles. The molecule has 8 nitrogen and oxygen atoms in total. The van der Waals surface area contributed by atoms with E-state index in [1.165, 1.54) is 17.7 Å². The SMILES string of the molecule is C[C@@H](COC1CCN(c2nc3ccc(OCC4CC4)cc3o2)CC1)N(C(=O)O)C(C)(C)C. The standard InChI is InChI=1S/C24H35N3O5/c1-16(27(23(28)29)24(2,3)4)14-30-18-9-11-26(12-10-18)22-25-20-8-7-19(13-21(20)32-22)31-15-17-5-6-17/h7-8,13,16-18H,5-6,9-12,14-15H2,1-4H3,(H,28,29)/t16-/m0/s1.